The number of Topliss-reactive ketones (excluding diaryl/α,β-unsaturated/α-hetero) is 2. The zero-order valence-corrected chi connectivity index (χ0v) is 13.2. The molecule has 0 fully saturated rings. The van der Waals surface area contributed by atoms with Crippen molar-refractivity contribution in [3.8, 4) is 11.5 Å². The second kappa shape index (κ2) is 7.22. The molecule has 2 aromatic rings. The molecule has 106 valence electrons. The summed E-state index contributed by atoms with van der Waals surface area (Å²) >= 11 is 3.14. The van der Waals surface area contributed by atoms with Gasteiger partial charge in [-0.3, -0.25) is 9.59 Å². The van der Waals surface area contributed by atoms with Crippen molar-refractivity contribution in [1.82, 2.24) is 0 Å². The Bertz CT molecular complexity index is 578. The number of rotatable bonds is 6. The lowest BCUT2D eigenvalue weighted by molar-refractivity contribution is 0.101. The quantitative estimate of drug-likeness (QED) is 0.459. The van der Waals surface area contributed by atoms with Crippen LogP contribution in [0.25, 0.3) is 0 Å². The van der Waals surface area contributed by atoms with Gasteiger partial charge in [0.15, 0.2) is 11.6 Å². The van der Waals surface area contributed by atoms with E-state index < -0.39 is 0 Å². The molecule has 0 N–H and O–H groups in total. The van der Waals surface area contributed by atoms with Crippen LogP contribution in [-0.4, -0.2) is 24.7 Å². The molecule has 0 spiro atoms. The molecular formula is C16H14BBrO3. The fourth-order valence-corrected chi connectivity index (χ4v) is 2.16. The zero-order valence-electron chi connectivity index (χ0n) is 11.6. The number of halogens is 1. The van der Waals surface area contributed by atoms with E-state index in [1.54, 1.807) is 48.5 Å². The van der Waals surface area contributed by atoms with Crippen LogP contribution in [0.4, 0.5) is 0 Å². The molecule has 0 radical (unpaired) electrons. The Hall–Kier alpha value is -1.88. The Morgan fingerprint density at radius 3 is 1.67 bits per heavy atom. The van der Waals surface area contributed by atoms with Gasteiger partial charge in [-0.15, -0.1) is 0 Å². The highest BCUT2D eigenvalue weighted by atomic mass is 79.9. The topological polar surface area (TPSA) is 43.4 Å². The third kappa shape index (κ3) is 4.05. The number of alkyl halides is 1. The lowest BCUT2D eigenvalue weighted by Crippen LogP contribution is -1.99. The van der Waals surface area contributed by atoms with E-state index in [1.165, 1.54) is 0 Å². The summed E-state index contributed by atoms with van der Waals surface area (Å²) in [5, 5.41) is 0.306. The fourth-order valence-electron chi connectivity index (χ4n) is 1.84. The smallest absolute Gasteiger partial charge is 0.173 e. The van der Waals surface area contributed by atoms with Crippen molar-refractivity contribution in [2.75, 3.05) is 5.33 Å². The van der Waals surface area contributed by atoms with Gasteiger partial charge in [-0.1, -0.05) is 15.9 Å². The number of carbonyl (C=O) groups excluding carboxylic acids is 2. The summed E-state index contributed by atoms with van der Waals surface area (Å²) in [6.07, 6.45) is 0.489. The van der Waals surface area contributed by atoms with Gasteiger partial charge in [0.1, 0.15) is 19.3 Å². The monoisotopic (exact) mass is 344 g/mol. The highest BCUT2D eigenvalue weighted by Crippen LogP contribution is 2.22. The summed E-state index contributed by atoms with van der Waals surface area (Å²) in [5.74, 6) is 1.45. The van der Waals surface area contributed by atoms with Crippen molar-refractivity contribution < 1.29 is 14.3 Å². The third-order valence-electron chi connectivity index (χ3n) is 3.03. The van der Waals surface area contributed by atoms with E-state index in [9.17, 15) is 9.59 Å². The van der Waals surface area contributed by atoms with Crippen LogP contribution in [0.3, 0.4) is 0 Å². The number of benzene rings is 2. The summed E-state index contributed by atoms with van der Waals surface area (Å²) in [5.41, 5.74) is 1.33. The van der Waals surface area contributed by atoms with Gasteiger partial charge in [-0.05, 0) is 54.9 Å². The molecule has 0 aliphatic rings. The largest absolute Gasteiger partial charge is 0.457 e. The van der Waals surface area contributed by atoms with Crippen LogP contribution in [0, 0.1) is 0 Å². The maximum atomic E-state index is 11.5. The van der Waals surface area contributed by atoms with E-state index in [-0.39, 0.29) is 11.6 Å². The second-order valence-corrected chi connectivity index (χ2v) is 5.05. The first-order valence-corrected chi connectivity index (χ1v) is 7.76. The molecule has 2 rings (SSSR count). The summed E-state index contributed by atoms with van der Waals surface area (Å²) in [7, 11) is 1.84. The van der Waals surface area contributed by atoms with E-state index in [2.05, 4.69) is 15.9 Å². The maximum absolute atomic E-state index is 11.5. The standard InChI is InChI=1S/C16H14BBrO3/c17-9-15(19)11-1-5-13(6-2-11)21-14-7-3-12(4-8-14)16(20)10-18/h1-8H,9-10,17H2. The van der Waals surface area contributed by atoms with Crippen molar-refractivity contribution in [2.24, 2.45) is 0 Å². The number of ether oxygens (including phenoxy) is 1. The van der Waals surface area contributed by atoms with Crippen LogP contribution >= 0.6 is 15.9 Å². The molecule has 0 heterocycles. The van der Waals surface area contributed by atoms with Crippen molar-refractivity contribution >= 4 is 35.3 Å². The Labute approximate surface area is 132 Å². The van der Waals surface area contributed by atoms with Gasteiger partial charge in [-0.2, -0.15) is 0 Å². The second-order valence-electron chi connectivity index (χ2n) is 4.48. The van der Waals surface area contributed by atoms with Gasteiger partial charge in [0, 0.05) is 11.1 Å². The molecule has 0 bridgehead atoms. The van der Waals surface area contributed by atoms with E-state index in [0.29, 0.717) is 34.3 Å². The predicted octanol–water partition coefficient (Wildman–Crippen LogP) is 3.29. The average Bonchev–Trinajstić information content (AvgIpc) is 2.55. The molecular weight excluding hydrogens is 331 g/mol. The molecule has 3 nitrogen and oxygen atoms in total. The summed E-state index contributed by atoms with van der Waals surface area (Å²) in [6, 6.07) is 14.0. The minimum atomic E-state index is 0.0315. The van der Waals surface area contributed by atoms with E-state index in [4.69, 9.17) is 4.74 Å². The third-order valence-corrected chi connectivity index (χ3v) is 3.54. The first-order valence-electron chi connectivity index (χ1n) is 6.64. The van der Waals surface area contributed by atoms with E-state index in [1.807, 2.05) is 7.85 Å². The Morgan fingerprint density at radius 2 is 1.29 bits per heavy atom. The summed E-state index contributed by atoms with van der Waals surface area (Å²) in [4.78, 5) is 23.0. The number of carbonyl (C=O) groups is 2. The van der Waals surface area contributed by atoms with Crippen LogP contribution in [0.2, 0.25) is 6.32 Å². The van der Waals surface area contributed by atoms with Gasteiger partial charge >= 0.3 is 0 Å². The number of hydrogen-bond acceptors (Lipinski definition) is 3. The minimum absolute atomic E-state index is 0.0315. The van der Waals surface area contributed by atoms with Crippen molar-refractivity contribution in [1.29, 1.82) is 0 Å². The maximum Gasteiger partial charge on any atom is 0.173 e. The van der Waals surface area contributed by atoms with Gasteiger partial charge < -0.3 is 4.74 Å². The minimum Gasteiger partial charge on any atom is -0.457 e. The molecule has 0 aliphatic heterocycles. The van der Waals surface area contributed by atoms with Crippen LogP contribution in [0.5, 0.6) is 11.5 Å². The lowest BCUT2D eigenvalue weighted by atomic mass is 9.96. The Kier molecular flexibility index (Phi) is 5.34. The molecule has 0 aromatic heterocycles. The molecule has 5 heteroatoms. The van der Waals surface area contributed by atoms with Crippen LogP contribution in [-0.2, 0) is 0 Å². The normalized spacial score (nSPS) is 10.1. The summed E-state index contributed by atoms with van der Waals surface area (Å²) in [6.45, 7) is 0. The summed E-state index contributed by atoms with van der Waals surface area (Å²) < 4.78 is 5.68. The van der Waals surface area contributed by atoms with Crippen molar-refractivity contribution in [3.05, 3.63) is 59.7 Å². The highest BCUT2D eigenvalue weighted by Gasteiger charge is 2.05. The van der Waals surface area contributed by atoms with Gasteiger partial charge in [0.25, 0.3) is 0 Å². The average molecular weight is 345 g/mol. The van der Waals surface area contributed by atoms with Crippen LogP contribution in [0.15, 0.2) is 48.5 Å². The molecule has 0 unspecified atom stereocenters. The van der Waals surface area contributed by atoms with Crippen molar-refractivity contribution in [3.63, 3.8) is 0 Å². The number of hydrogen-bond donors (Lipinski definition) is 0. The molecule has 2 aromatic carbocycles. The first kappa shape index (κ1) is 15.5. The molecule has 0 atom stereocenters. The SMILES string of the molecule is BCC(=O)c1ccc(Oc2ccc(C(=O)CBr)cc2)cc1. The highest BCUT2D eigenvalue weighted by molar-refractivity contribution is 9.09. The van der Waals surface area contributed by atoms with Crippen LogP contribution in [0.1, 0.15) is 20.7 Å². The molecule has 0 saturated heterocycles. The van der Waals surface area contributed by atoms with E-state index in [0.717, 1.165) is 0 Å². The molecule has 21 heavy (non-hydrogen) atoms. The van der Waals surface area contributed by atoms with Gasteiger partial charge in [-0.25, -0.2) is 0 Å². The van der Waals surface area contributed by atoms with E-state index >= 15 is 0 Å². The predicted molar refractivity (Wildman–Crippen MR) is 88.8 cm³/mol. The number of ketones is 2. The molecule has 0 amide bonds. The molecule has 0 saturated carbocycles. The first-order chi connectivity index (χ1) is 10.1. The Morgan fingerprint density at radius 1 is 0.857 bits per heavy atom. The van der Waals surface area contributed by atoms with Crippen LogP contribution < -0.4 is 4.74 Å². The lowest BCUT2D eigenvalue weighted by Gasteiger charge is -2.07. The zero-order chi connectivity index (χ0) is 15.2. The van der Waals surface area contributed by atoms with Crippen molar-refractivity contribution in [2.45, 2.75) is 6.32 Å². The fraction of sp³-hybridized carbons (Fsp3) is 0.125. The van der Waals surface area contributed by atoms with Gasteiger partial charge in [0.05, 0.1) is 5.33 Å². The van der Waals surface area contributed by atoms with Gasteiger partial charge in [0.2, 0.25) is 0 Å². The Balaban J connectivity index is 2.08. The molecule has 0 aliphatic carbocycles.